The molecule has 5 nitrogen and oxygen atoms in total. The molecular formula is C15H21BrN2O3. The molecule has 0 saturated carbocycles. The van der Waals surface area contributed by atoms with E-state index in [1.54, 1.807) is 13.2 Å². The molecule has 1 heterocycles. The van der Waals surface area contributed by atoms with E-state index in [2.05, 4.69) is 33.1 Å². The van der Waals surface area contributed by atoms with Gasteiger partial charge in [-0.25, -0.2) is 0 Å². The van der Waals surface area contributed by atoms with Crippen molar-refractivity contribution in [2.75, 3.05) is 40.0 Å². The molecule has 2 rings (SSSR count). The highest BCUT2D eigenvalue weighted by Crippen LogP contribution is 2.22. The van der Waals surface area contributed by atoms with Crippen molar-refractivity contribution in [1.29, 1.82) is 0 Å². The van der Waals surface area contributed by atoms with Gasteiger partial charge in [-0.05, 0) is 41.1 Å². The van der Waals surface area contributed by atoms with Crippen LogP contribution in [-0.2, 0) is 4.74 Å². The van der Waals surface area contributed by atoms with Crippen molar-refractivity contribution in [3.05, 3.63) is 28.2 Å². The summed E-state index contributed by atoms with van der Waals surface area (Å²) in [6.07, 6.45) is 0. The fourth-order valence-electron chi connectivity index (χ4n) is 2.29. The fraction of sp³-hybridized carbons (Fsp3) is 0.533. The monoisotopic (exact) mass is 356 g/mol. The van der Waals surface area contributed by atoms with E-state index in [9.17, 15) is 4.79 Å². The summed E-state index contributed by atoms with van der Waals surface area (Å²) < 4.78 is 11.3. The Balaban J connectivity index is 1.92. The summed E-state index contributed by atoms with van der Waals surface area (Å²) in [5.74, 6) is 0.575. The normalized spacial score (nSPS) is 17.3. The lowest BCUT2D eigenvalue weighted by molar-refractivity contribution is 0.0204. The Morgan fingerprint density at radius 3 is 2.86 bits per heavy atom. The molecule has 21 heavy (non-hydrogen) atoms. The highest BCUT2D eigenvalue weighted by Gasteiger charge is 2.18. The van der Waals surface area contributed by atoms with Crippen LogP contribution in [0.1, 0.15) is 17.3 Å². The molecule has 1 fully saturated rings. The van der Waals surface area contributed by atoms with E-state index in [1.807, 2.05) is 12.1 Å². The molecule has 1 unspecified atom stereocenters. The Morgan fingerprint density at radius 1 is 1.48 bits per heavy atom. The molecule has 1 amide bonds. The second-order valence-electron chi connectivity index (χ2n) is 5.05. The molecule has 6 heteroatoms. The minimum atomic E-state index is -0.0964. The number of nitrogens with zero attached hydrogens (tertiary/aromatic N) is 1. The summed E-state index contributed by atoms with van der Waals surface area (Å²) >= 11 is 3.40. The summed E-state index contributed by atoms with van der Waals surface area (Å²) in [4.78, 5) is 14.6. The van der Waals surface area contributed by atoms with Gasteiger partial charge in [-0.3, -0.25) is 9.69 Å². The highest BCUT2D eigenvalue weighted by atomic mass is 79.9. The first-order chi connectivity index (χ1) is 10.1. The molecule has 0 radical (unpaired) electrons. The van der Waals surface area contributed by atoms with Crippen molar-refractivity contribution in [3.8, 4) is 5.75 Å². The quantitative estimate of drug-likeness (QED) is 0.875. The average Bonchev–Trinajstić information content (AvgIpc) is 2.53. The maximum atomic E-state index is 12.3. The minimum Gasteiger partial charge on any atom is -0.497 e. The number of carbonyl (C=O) groups is 1. The fourth-order valence-corrected chi connectivity index (χ4v) is 2.72. The van der Waals surface area contributed by atoms with Gasteiger partial charge in [0.15, 0.2) is 0 Å². The van der Waals surface area contributed by atoms with Gasteiger partial charge >= 0.3 is 0 Å². The van der Waals surface area contributed by atoms with Crippen LogP contribution in [0, 0.1) is 0 Å². The lowest BCUT2D eigenvalue weighted by Crippen LogP contribution is -2.47. The Hall–Kier alpha value is -1.11. The summed E-state index contributed by atoms with van der Waals surface area (Å²) in [6, 6.07) is 5.66. The molecule has 0 spiro atoms. The number of carbonyl (C=O) groups excluding carboxylic acids is 1. The molecule has 1 N–H and O–H groups in total. The van der Waals surface area contributed by atoms with Crippen molar-refractivity contribution >= 4 is 21.8 Å². The minimum absolute atomic E-state index is 0.0964. The number of amides is 1. The van der Waals surface area contributed by atoms with E-state index >= 15 is 0 Å². The third-order valence-corrected chi connectivity index (χ3v) is 4.34. The molecular weight excluding hydrogens is 336 g/mol. The van der Waals surface area contributed by atoms with Crippen LogP contribution in [0.3, 0.4) is 0 Å². The molecule has 1 saturated heterocycles. The van der Waals surface area contributed by atoms with E-state index in [1.165, 1.54) is 0 Å². The summed E-state index contributed by atoms with van der Waals surface area (Å²) in [5, 5.41) is 2.98. The van der Waals surface area contributed by atoms with Crippen LogP contribution in [0.2, 0.25) is 0 Å². The van der Waals surface area contributed by atoms with Gasteiger partial charge in [-0.2, -0.15) is 0 Å². The zero-order valence-electron chi connectivity index (χ0n) is 12.4. The van der Waals surface area contributed by atoms with Crippen molar-refractivity contribution in [1.82, 2.24) is 10.2 Å². The summed E-state index contributed by atoms with van der Waals surface area (Å²) in [6.45, 7) is 6.09. The second-order valence-corrected chi connectivity index (χ2v) is 5.91. The van der Waals surface area contributed by atoms with Gasteiger partial charge in [0.1, 0.15) is 5.75 Å². The summed E-state index contributed by atoms with van der Waals surface area (Å²) in [5.41, 5.74) is 0.587. The maximum Gasteiger partial charge on any atom is 0.252 e. The van der Waals surface area contributed by atoms with E-state index in [0.29, 0.717) is 23.9 Å². The van der Waals surface area contributed by atoms with Crippen LogP contribution in [0.15, 0.2) is 22.7 Å². The molecule has 1 aliphatic rings. The Labute approximate surface area is 133 Å². The summed E-state index contributed by atoms with van der Waals surface area (Å²) in [7, 11) is 1.59. The van der Waals surface area contributed by atoms with Gasteiger partial charge in [-0.15, -0.1) is 0 Å². The maximum absolute atomic E-state index is 12.3. The van der Waals surface area contributed by atoms with Gasteiger partial charge in [0.2, 0.25) is 0 Å². The molecule has 116 valence electrons. The number of ether oxygens (including phenoxy) is 2. The van der Waals surface area contributed by atoms with Crippen molar-refractivity contribution in [3.63, 3.8) is 0 Å². The van der Waals surface area contributed by atoms with E-state index in [4.69, 9.17) is 9.47 Å². The smallest absolute Gasteiger partial charge is 0.252 e. The Bertz CT molecular complexity index is 490. The van der Waals surface area contributed by atoms with Gasteiger partial charge in [-0.1, -0.05) is 0 Å². The lowest BCUT2D eigenvalue weighted by Gasteiger charge is -2.32. The molecule has 0 aliphatic carbocycles. The van der Waals surface area contributed by atoms with E-state index in [0.717, 1.165) is 30.8 Å². The molecule has 1 aromatic carbocycles. The van der Waals surface area contributed by atoms with Gasteiger partial charge in [0, 0.05) is 30.1 Å². The zero-order valence-corrected chi connectivity index (χ0v) is 14.0. The predicted octanol–water partition coefficient (Wildman–Crippen LogP) is 1.91. The standard InChI is InChI=1S/C15H21BrN2O3/c1-11(18-5-7-21-8-6-18)10-17-15(19)13-9-12(20-2)3-4-14(13)16/h3-4,9,11H,5-8,10H2,1-2H3,(H,17,19). The van der Waals surface area contributed by atoms with Gasteiger partial charge in [0.05, 0.1) is 25.9 Å². The van der Waals surface area contributed by atoms with E-state index < -0.39 is 0 Å². The van der Waals surface area contributed by atoms with Crippen LogP contribution < -0.4 is 10.1 Å². The lowest BCUT2D eigenvalue weighted by atomic mass is 10.2. The number of morpholine rings is 1. The first kappa shape index (κ1) is 16.3. The molecule has 1 atom stereocenters. The van der Waals surface area contributed by atoms with Gasteiger partial charge in [0.25, 0.3) is 5.91 Å². The number of hydrogen-bond acceptors (Lipinski definition) is 4. The van der Waals surface area contributed by atoms with Crippen LogP contribution in [0.4, 0.5) is 0 Å². The number of hydrogen-bond donors (Lipinski definition) is 1. The number of methoxy groups -OCH3 is 1. The first-order valence-electron chi connectivity index (χ1n) is 7.05. The highest BCUT2D eigenvalue weighted by molar-refractivity contribution is 9.10. The van der Waals surface area contributed by atoms with Crippen LogP contribution in [-0.4, -0.2) is 56.8 Å². The van der Waals surface area contributed by atoms with Crippen LogP contribution in [0.25, 0.3) is 0 Å². The predicted molar refractivity (Wildman–Crippen MR) is 84.9 cm³/mol. The van der Waals surface area contributed by atoms with Crippen LogP contribution in [0.5, 0.6) is 5.75 Å². The second kappa shape index (κ2) is 7.77. The number of benzene rings is 1. The SMILES string of the molecule is COc1ccc(Br)c(C(=O)NCC(C)N2CCOCC2)c1. The largest absolute Gasteiger partial charge is 0.497 e. The average molecular weight is 357 g/mol. The Kier molecular flexibility index (Phi) is 6.02. The number of nitrogens with one attached hydrogen (secondary N) is 1. The number of halogens is 1. The Morgan fingerprint density at radius 2 is 2.19 bits per heavy atom. The molecule has 0 aromatic heterocycles. The first-order valence-corrected chi connectivity index (χ1v) is 7.84. The van der Waals surface area contributed by atoms with Crippen molar-refractivity contribution < 1.29 is 14.3 Å². The van der Waals surface area contributed by atoms with Crippen molar-refractivity contribution in [2.45, 2.75) is 13.0 Å². The zero-order chi connectivity index (χ0) is 15.2. The topological polar surface area (TPSA) is 50.8 Å². The van der Waals surface area contributed by atoms with Gasteiger partial charge < -0.3 is 14.8 Å². The van der Waals surface area contributed by atoms with Crippen LogP contribution >= 0.6 is 15.9 Å². The third kappa shape index (κ3) is 4.43. The molecule has 1 aliphatic heterocycles. The number of rotatable bonds is 5. The molecule has 1 aromatic rings. The molecule has 0 bridgehead atoms. The third-order valence-electron chi connectivity index (χ3n) is 3.65. The van der Waals surface area contributed by atoms with Crippen molar-refractivity contribution in [2.24, 2.45) is 0 Å². The van der Waals surface area contributed by atoms with E-state index in [-0.39, 0.29) is 5.91 Å².